The number of hydrogen-bond acceptors (Lipinski definition) is 5. The molecule has 2 aliphatic rings. The highest BCUT2D eigenvalue weighted by atomic mass is 32.1. The summed E-state index contributed by atoms with van der Waals surface area (Å²) in [6.45, 7) is 1.98. The predicted octanol–water partition coefficient (Wildman–Crippen LogP) is 3.84. The second-order valence-electron chi connectivity index (χ2n) is 7.65. The van der Waals surface area contributed by atoms with Crippen molar-refractivity contribution in [2.45, 2.75) is 31.7 Å². The third-order valence-electron chi connectivity index (χ3n) is 5.99. The smallest absolute Gasteiger partial charge is 0.235 e. The van der Waals surface area contributed by atoms with Gasteiger partial charge in [-0.1, -0.05) is 12.5 Å². The lowest BCUT2D eigenvalue weighted by Gasteiger charge is -2.46. The van der Waals surface area contributed by atoms with E-state index in [1.807, 2.05) is 25.1 Å². The van der Waals surface area contributed by atoms with E-state index in [0.29, 0.717) is 5.92 Å². The Morgan fingerprint density at radius 3 is 2.75 bits per heavy atom. The van der Waals surface area contributed by atoms with Gasteiger partial charge < -0.3 is 5.73 Å². The topological polar surface area (TPSA) is 82.5 Å². The summed E-state index contributed by atoms with van der Waals surface area (Å²) in [5, 5.41) is 9.09. The summed E-state index contributed by atoms with van der Waals surface area (Å²) in [6.07, 6.45) is 3.18. The molecule has 2 N–H and O–H groups in total. The standard InChI is InChI=1S/C21H21FN4OS/c1-21(18(12-4-3-5-12)19(27)26(2)20(24)25-21)17-9-8-16(28-17)13-6-7-15(22)14(10-13)11-23/h6-10,12,18H,3-5H2,1-2H3,(H2,24,25)/t18-,21-/m1/s1. The SMILES string of the molecule is CN1C(=O)[C@@H](C2CCC2)[C@@](C)(c2ccc(-c3ccc(F)c(C#N)c3)s2)N=C1N. The van der Waals surface area contributed by atoms with Gasteiger partial charge in [-0.25, -0.2) is 9.38 Å². The van der Waals surface area contributed by atoms with Crippen LogP contribution >= 0.6 is 11.3 Å². The molecule has 2 heterocycles. The van der Waals surface area contributed by atoms with Crippen LogP contribution < -0.4 is 5.73 Å². The summed E-state index contributed by atoms with van der Waals surface area (Å²) < 4.78 is 13.7. The Hall–Kier alpha value is -2.72. The van der Waals surface area contributed by atoms with Crippen LogP contribution in [0.25, 0.3) is 10.4 Å². The Kier molecular flexibility index (Phi) is 4.47. The summed E-state index contributed by atoms with van der Waals surface area (Å²) in [4.78, 5) is 21.1. The predicted molar refractivity (Wildman–Crippen MR) is 107 cm³/mol. The second kappa shape index (κ2) is 6.71. The fraction of sp³-hybridized carbons (Fsp3) is 0.381. The Labute approximate surface area is 167 Å². The molecule has 1 saturated carbocycles. The van der Waals surface area contributed by atoms with Crippen LogP contribution in [0, 0.1) is 29.0 Å². The number of nitrogens with zero attached hydrogens (tertiary/aromatic N) is 3. The van der Waals surface area contributed by atoms with Crippen molar-refractivity contribution < 1.29 is 9.18 Å². The number of benzene rings is 1. The number of guanidine groups is 1. The van der Waals surface area contributed by atoms with E-state index in [0.717, 1.165) is 34.6 Å². The van der Waals surface area contributed by atoms with Gasteiger partial charge in [-0.05, 0) is 55.5 Å². The van der Waals surface area contributed by atoms with Crippen molar-refractivity contribution in [3.05, 3.63) is 46.6 Å². The number of hydrogen-bond donors (Lipinski definition) is 1. The maximum Gasteiger partial charge on any atom is 0.235 e. The van der Waals surface area contributed by atoms with Crippen molar-refractivity contribution in [3.63, 3.8) is 0 Å². The summed E-state index contributed by atoms with van der Waals surface area (Å²) >= 11 is 1.51. The molecule has 0 bridgehead atoms. The van der Waals surface area contributed by atoms with Crippen LogP contribution in [0.3, 0.4) is 0 Å². The number of amides is 1. The van der Waals surface area contributed by atoms with Crippen LogP contribution in [-0.4, -0.2) is 23.8 Å². The number of carbonyl (C=O) groups excluding carboxylic acids is 1. The molecule has 1 amide bonds. The molecule has 4 rings (SSSR count). The quantitative estimate of drug-likeness (QED) is 0.856. The van der Waals surface area contributed by atoms with E-state index in [1.165, 1.54) is 22.3 Å². The molecule has 1 fully saturated rings. The second-order valence-corrected chi connectivity index (χ2v) is 8.74. The normalized spacial score (nSPS) is 25.2. The van der Waals surface area contributed by atoms with Crippen molar-refractivity contribution in [1.29, 1.82) is 5.26 Å². The van der Waals surface area contributed by atoms with E-state index in [-0.39, 0.29) is 23.3 Å². The molecule has 0 saturated heterocycles. The average Bonchev–Trinajstić information content (AvgIpc) is 3.13. The molecule has 7 heteroatoms. The zero-order valence-corrected chi connectivity index (χ0v) is 16.6. The first-order valence-electron chi connectivity index (χ1n) is 9.28. The molecular formula is C21H21FN4OS. The summed E-state index contributed by atoms with van der Waals surface area (Å²) in [5.74, 6) is -0.223. The average molecular weight is 396 g/mol. The lowest BCUT2D eigenvalue weighted by molar-refractivity contribution is -0.138. The molecule has 0 unspecified atom stereocenters. The number of rotatable bonds is 3. The highest BCUT2D eigenvalue weighted by molar-refractivity contribution is 7.15. The van der Waals surface area contributed by atoms with Crippen LogP contribution in [-0.2, 0) is 10.3 Å². The van der Waals surface area contributed by atoms with Gasteiger partial charge in [-0.3, -0.25) is 9.69 Å². The van der Waals surface area contributed by atoms with Gasteiger partial charge in [0.05, 0.1) is 11.5 Å². The molecule has 1 aromatic heterocycles. The lowest BCUT2D eigenvalue weighted by Crippen LogP contribution is -2.56. The number of halogens is 1. The molecule has 2 aromatic rings. The van der Waals surface area contributed by atoms with Crippen LogP contribution in [0.15, 0.2) is 35.3 Å². The summed E-state index contributed by atoms with van der Waals surface area (Å²) in [7, 11) is 1.67. The van der Waals surface area contributed by atoms with Gasteiger partial charge in [0.2, 0.25) is 5.91 Å². The van der Waals surface area contributed by atoms with E-state index in [2.05, 4.69) is 0 Å². The Balaban J connectivity index is 1.77. The molecule has 5 nitrogen and oxygen atoms in total. The number of nitrogens with two attached hydrogens (primary N) is 1. The van der Waals surface area contributed by atoms with E-state index in [4.69, 9.17) is 16.0 Å². The highest BCUT2D eigenvalue weighted by Gasteiger charge is 2.51. The fourth-order valence-corrected chi connectivity index (χ4v) is 5.25. The zero-order valence-electron chi connectivity index (χ0n) is 15.8. The van der Waals surface area contributed by atoms with E-state index >= 15 is 0 Å². The lowest BCUT2D eigenvalue weighted by atomic mass is 9.66. The minimum absolute atomic E-state index is 0.0164. The maximum atomic E-state index is 13.7. The molecule has 1 aliphatic carbocycles. The van der Waals surface area contributed by atoms with Gasteiger partial charge >= 0.3 is 0 Å². The Bertz CT molecular complexity index is 1020. The fourth-order valence-electron chi connectivity index (χ4n) is 4.12. The first kappa shape index (κ1) is 18.6. The molecule has 1 aromatic carbocycles. The van der Waals surface area contributed by atoms with Crippen LogP contribution in [0.1, 0.15) is 36.6 Å². The summed E-state index contributed by atoms with van der Waals surface area (Å²) in [5.41, 5.74) is 6.12. The van der Waals surface area contributed by atoms with Crippen molar-refractivity contribution in [2.75, 3.05) is 7.05 Å². The van der Waals surface area contributed by atoms with Crippen molar-refractivity contribution in [3.8, 4) is 16.5 Å². The van der Waals surface area contributed by atoms with Gasteiger partial charge in [0.15, 0.2) is 5.96 Å². The van der Waals surface area contributed by atoms with Crippen LogP contribution in [0.4, 0.5) is 4.39 Å². The number of aliphatic imine (C=N–C) groups is 1. The highest BCUT2D eigenvalue weighted by Crippen LogP contribution is 2.50. The third kappa shape index (κ3) is 2.80. The third-order valence-corrected chi connectivity index (χ3v) is 7.35. The van der Waals surface area contributed by atoms with Gasteiger partial charge in [0, 0.05) is 16.8 Å². The zero-order chi connectivity index (χ0) is 20.1. The molecule has 144 valence electrons. The van der Waals surface area contributed by atoms with Gasteiger partial charge in [0.1, 0.15) is 17.4 Å². The van der Waals surface area contributed by atoms with E-state index < -0.39 is 11.4 Å². The minimum atomic E-state index is -0.722. The first-order chi connectivity index (χ1) is 13.3. The molecule has 2 atom stereocenters. The number of thiophene rings is 1. The Morgan fingerprint density at radius 1 is 1.36 bits per heavy atom. The molecule has 0 radical (unpaired) electrons. The Morgan fingerprint density at radius 2 is 2.11 bits per heavy atom. The molecule has 28 heavy (non-hydrogen) atoms. The van der Waals surface area contributed by atoms with Gasteiger partial charge in [-0.2, -0.15) is 5.26 Å². The van der Waals surface area contributed by atoms with Gasteiger partial charge in [-0.15, -0.1) is 11.3 Å². The van der Waals surface area contributed by atoms with Crippen molar-refractivity contribution in [1.82, 2.24) is 4.90 Å². The van der Waals surface area contributed by atoms with Gasteiger partial charge in [0.25, 0.3) is 0 Å². The van der Waals surface area contributed by atoms with E-state index in [1.54, 1.807) is 19.2 Å². The number of nitriles is 1. The maximum absolute atomic E-state index is 13.7. The monoisotopic (exact) mass is 396 g/mol. The first-order valence-corrected chi connectivity index (χ1v) is 10.1. The minimum Gasteiger partial charge on any atom is -0.369 e. The molecular weight excluding hydrogens is 375 g/mol. The number of carbonyl (C=O) groups is 1. The largest absolute Gasteiger partial charge is 0.369 e. The van der Waals surface area contributed by atoms with Crippen LogP contribution in [0.5, 0.6) is 0 Å². The van der Waals surface area contributed by atoms with Crippen LogP contribution in [0.2, 0.25) is 0 Å². The summed E-state index contributed by atoms with van der Waals surface area (Å²) in [6, 6.07) is 10.3. The van der Waals surface area contributed by atoms with E-state index in [9.17, 15) is 9.18 Å². The van der Waals surface area contributed by atoms with Crippen molar-refractivity contribution >= 4 is 23.2 Å². The molecule has 0 spiro atoms. The van der Waals surface area contributed by atoms with Crippen molar-refractivity contribution in [2.24, 2.45) is 22.6 Å². The molecule has 1 aliphatic heterocycles.